The van der Waals surface area contributed by atoms with Crippen molar-refractivity contribution < 1.29 is 0 Å². The highest BCUT2D eigenvalue weighted by molar-refractivity contribution is 4.81. The van der Waals surface area contributed by atoms with Gasteiger partial charge in [-0.15, -0.1) is 0 Å². The van der Waals surface area contributed by atoms with Crippen molar-refractivity contribution in [1.29, 1.82) is 0 Å². The molecule has 1 aliphatic heterocycles. The topological polar surface area (TPSA) is 38.0 Å². The van der Waals surface area contributed by atoms with E-state index in [1.165, 1.54) is 19.5 Å². The minimum Gasteiger partial charge on any atom is -0.330 e. The number of nitrogens with one attached hydrogen (secondary N) is 1. The van der Waals surface area contributed by atoms with Crippen molar-refractivity contribution in [2.75, 3.05) is 19.6 Å². The zero-order chi connectivity index (χ0) is 6.69. The highest BCUT2D eigenvalue weighted by Gasteiger charge is 2.23. The molecule has 0 aromatic heterocycles. The molecule has 2 nitrogen and oxygen atoms in total. The summed E-state index contributed by atoms with van der Waals surface area (Å²) in [6.07, 6.45) is 1.24. The van der Waals surface area contributed by atoms with Crippen LogP contribution in [0.1, 0.15) is 13.3 Å². The van der Waals surface area contributed by atoms with E-state index in [2.05, 4.69) is 12.2 Å². The molecule has 0 bridgehead atoms. The maximum Gasteiger partial charge on any atom is -0.000512 e. The minimum atomic E-state index is 0.770. The Labute approximate surface area is 56.8 Å². The lowest BCUT2D eigenvalue weighted by Gasteiger charge is -2.33. The monoisotopic (exact) mass is 128 g/mol. The summed E-state index contributed by atoms with van der Waals surface area (Å²) in [6.45, 7) is 5.46. The van der Waals surface area contributed by atoms with E-state index in [9.17, 15) is 0 Å². The van der Waals surface area contributed by atoms with Crippen LogP contribution < -0.4 is 11.1 Å². The van der Waals surface area contributed by atoms with Crippen LogP contribution in [0.2, 0.25) is 0 Å². The van der Waals surface area contributed by atoms with Gasteiger partial charge in [0.05, 0.1) is 0 Å². The third-order valence-corrected chi connectivity index (χ3v) is 2.31. The van der Waals surface area contributed by atoms with Crippen LogP contribution in [0, 0.1) is 11.8 Å². The Morgan fingerprint density at radius 3 is 2.44 bits per heavy atom. The largest absolute Gasteiger partial charge is 0.330 e. The molecule has 54 valence electrons. The smallest absolute Gasteiger partial charge is 0.000512 e. The molecule has 0 aromatic carbocycles. The van der Waals surface area contributed by atoms with Crippen LogP contribution >= 0.6 is 0 Å². The van der Waals surface area contributed by atoms with E-state index in [0.29, 0.717) is 0 Å². The van der Waals surface area contributed by atoms with Gasteiger partial charge in [-0.1, -0.05) is 13.3 Å². The Kier molecular flexibility index (Phi) is 2.49. The van der Waals surface area contributed by atoms with Gasteiger partial charge in [-0.25, -0.2) is 0 Å². The van der Waals surface area contributed by atoms with Gasteiger partial charge >= 0.3 is 0 Å². The highest BCUT2D eigenvalue weighted by Crippen LogP contribution is 2.17. The SMILES string of the molecule is CCC(CN)C1CNC1. The summed E-state index contributed by atoms with van der Waals surface area (Å²) in [5.74, 6) is 1.64. The molecule has 3 N–H and O–H groups in total. The second-order valence-electron chi connectivity index (χ2n) is 2.82. The molecule has 0 saturated carbocycles. The maximum atomic E-state index is 5.57. The van der Waals surface area contributed by atoms with Gasteiger partial charge in [0.1, 0.15) is 0 Å². The van der Waals surface area contributed by atoms with Crippen molar-refractivity contribution >= 4 is 0 Å². The summed E-state index contributed by atoms with van der Waals surface area (Å²) in [6, 6.07) is 0. The second kappa shape index (κ2) is 3.18. The van der Waals surface area contributed by atoms with E-state index in [4.69, 9.17) is 5.73 Å². The summed E-state index contributed by atoms with van der Waals surface area (Å²) in [5, 5.41) is 3.25. The standard InChI is InChI=1S/C7H16N2/c1-2-6(3-8)7-4-9-5-7/h6-7,9H,2-5,8H2,1H3. The average Bonchev–Trinajstić information content (AvgIpc) is 1.78. The maximum absolute atomic E-state index is 5.57. The first-order valence-corrected chi connectivity index (χ1v) is 3.79. The molecule has 1 fully saturated rings. The lowest BCUT2D eigenvalue weighted by Crippen LogP contribution is -2.47. The first-order valence-electron chi connectivity index (χ1n) is 3.79. The molecule has 0 aliphatic carbocycles. The van der Waals surface area contributed by atoms with Gasteiger partial charge in [-0.2, -0.15) is 0 Å². The predicted molar refractivity (Wildman–Crippen MR) is 39.2 cm³/mol. The molecule has 1 atom stereocenters. The van der Waals surface area contributed by atoms with Crippen LogP contribution in [0.5, 0.6) is 0 Å². The summed E-state index contributed by atoms with van der Waals surface area (Å²) in [7, 11) is 0. The van der Waals surface area contributed by atoms with Crippen molar-refractivity contribution in [2.24, 2.45) is 17.6 Å². The molecule has 0 amide bonds. The van der Waals surface area contributed by atoms with Crippen LogP contribution in [0.3, 0.4) is 0 Å². The van der Waals surface area contributed by atoms with Gasteiger partial charge in [0, 0.05) is 0 Å². The van der Waals surface area contributed by atoms with Crippen LogP contribution in [0.15, 0.2) is 0 Å². The van der Waals surface area contributed by atoms with Crippen molar-refractivity contribution in [2.45, 2.75) is 13.3 Å². The Morgan fingerprint density at radius 1 is 1.67 bits per heavy atom. The van der Waals surface area contributed by atoms with Gasteiger partial charge in [0.2, 0.25) is 0 Å². The Hall–Kier alpha value is -0.0800. The molecular formula is C7H16N2. The second-order valence-corrected chi connectivity index (χ2v) is 2.82. The van der Waals surface area contributed by atoms with E-state index >= 15 is 0 Å². The van der Waals surface area contributed by atoms with Crippen molar-refractivity contribution in [3.8, 4) is 0 Å². The molecule has 0 radical (unpaired) electrons. The first kappa shape index (κ1) is 7.03. The quantitative estimate of drug-likeness (QED) is 0.569. The molecular weight excluding hydrogens is 112 g/mol. The normalized spacial score (nSPS) is 23.3. The van der Waals surface area contributed by atoms with E-state index < -0.39 is 0 Å². The summed E-state index contributed by atoms with van der Waals surface area (Å²) in [4.78, 5) is 0. The number of hydrogen-bond acceptors (Lipinski definition) is 2. The number of rotatable bonds is 3. The molecule has 1 aliphatic rings. The fourth-order valence-electron chi connectivity index (χ4n) is 1.34. The van der Waals surface area contributed by atoms with Gasteiger partial charge in [0.25, 0.3) is 0 Å². The molecule has 1 rings (SSSR count). The molecule has 9 heavy (non-hydrogen) atoms. The van der Waals surface area contributed by atoms with Gasteiger partial charge in [-0.05, 0) is 31.5 Å². The Balaban J connectivity index is 2.19. The summed E-state index contributed by atoms with van der Waals surface area (Å²) >= 11 is 0. The van der Waals surface area contributed by atoms with Crippen LogP contribution in [-0.2, 0) is 0 Å². The van der Waals surface area contributed by atoms with E-state index in [1.807, 2.05) is 0 Å². The summed E-state index contributed by atoms with van der Waals surface area (Å²) in [5.41, 5.74) is 5.57. The first-order chi connectivity index (χ1) is 4.38. The molecule has 1 unspecified atom stereocenters. The van der Waals surface area contributed by atoms with Gasteiger partial charge < -0.3 is 11.1 Å². The summed E-state index contributed by atoms with van der Waals surface area (Å²) < 4.78 is 0. The van der Waals surface area contributed by atoms with E-state index in [-0.39, 0.29) is 0 Å². The van der Waals surface area contributed by atoms with Crippen molar-refractivity contribution in [3.05, 3.63) is 0 Å². The van der Waals surface area contributed by atoms with Crippen LogP contribution in [0.4, 0.5) is 0 Å². The lowest BCUT2D eigenvalue weighted by atomic mass is 9.86. The van der Waals surface area contributed by atoms with Crippen LogP contribution in [-0.4, -0.2) is 19.6 Å². The van der Waals surface area contributed by atoms with Crippen molar-refractivity contribution in [3.63, 3.8) is 0 Å². The fourth-order valence-corrected chi connectivity index (χ4v) is 1.34. The third-order valence-electron chi connectivity index (χ3n) is 2.31. The number of hydrogen-bond donors (Lipinski definition) is 2. The Bertz CT molecular complexity index is 75.0. The van der Waals surface area contributed by atoms with Gasteiger partial charge in [0.15, 0.2) is 0 Å². The molecule has 2 heteroatoms. The molecule has 1 heterocycles. The molecule has 0 spiro atoms. The van der Waals surface area contributed by atoms with E-state index in [1.54, 1.807) is 0 Å². The molecule has 1 saturated heterocycles. The highest BCUT2D eigenvalue weighted by atomic mass is 15.0. The minimum absolute atomic E-state index is 0.770. The van der Waals surface area contributed by atoms with Gasteiger partial charge in [-0.3, -0.25) is 0 Å². The van der Waals surface area contributed by atoms with Crippen LogP contribution in [0.25, 0.3) is 0 Å². The average molecular weight is 128 g/mol. The van der Waals surface area contributed by atoms with E-state index in [0.717, 1.165) is 18.4 Å². The fraction of sp³-hybridized carbons (Fsp3) is 1.00. The zero-order valence-electron chi connectivity index (χ0n) is 6.06. The Morgan fingerprint density at radius 2 is 2.33 bits per heavy atom. The predicted octanol–water partition coefficient (Wildman–Crippen LogP) is 0.191. The van der Waals surface area contributed by atoms with Crippen molar-refractivity contribution in [1.82, 2.24) is 5.32 Å². The third kappa shape index (κ3) is 1.43. The molecule has 0 aromatic rings. The number of nitrogens with two attached hydrogens (primary N) is 1. The lowest BCUT2D eigenvalue weighted by molar-refractivity contribution is 0.233. The zero-order valence-corrected chi connectivity index (χ0v) is 6.06.